The highest BCUT2D eigenvalue weighted by atomic mass is 32.2. The predicted molar refractivity (Wildman–Crippen MR) is 116 cm³/mol. The summed E-state index contributed by atoms with van der Waals surface area (Å²) in [7, 11) is -3.47. The van der Waals surface area contributed by atoms with Crippen LogP contribution in [0.4, 0.5) is 0 Å². The van der Waals surface area contributed by atoms with Crippen LogP contribution in [0.5, 0.6) is 0 Å². The molecule has 0 spiro atoms. The van der Waals surface area contributed by atoms with Crippen molar-refractivity contribution >= 4 is 27.7 Å². The summed E-state index contributed by atoms with van der Waals surface area (Å²) in [5, 5.41) is 3.59. The Labute approximate surface area is 179 Å². The molecule has 1 saturated heterocycles. The number of rotatable bonds is 6. The van der Waals surface area contributed by atoms with Gasteiger partial charge in [0.05, 0.1) is 10.3 Å². The van der Waals surface area contributed by atoms with Crippen molar-refractivity contribution in [2.75, 3.05) is 13.1 Å². The smallest absolute Gasteiger partial charge is 0.244 e. The number of carbonyl (C=O) groups excluding carboxylic acids is 1. The Morgan fingerprint density at radius 1 is 1.17 bits per heavy atom. The maximum atomic E-state index is 12.7. The van der Waals surface area contributed by atoms with Crippen molar-refractivity contribution in [3.8, 4) is 0 Å². The van der Waals surface area contributed by atoms with E-state index in [0.717, 1.165) is 32.1 Å². The number of amides is 1. The molecule has 1 aliphatic carbocycles. The molecule has 1 N–H and O–H groups in total. The summed E-state index contributed by atoms with van der Waals surface area (Å²) in [6.45, 7) is 7.50. The first kappa shape index (κ1) is 22.6. The predicted octanol–water partition coefficient (Wildman–Crippen LogP) is 3.68. The second-order valence-corrected chi connectivity index (χ2v) is 11.7. The van der Waals surface area contributed by atoms with E-state index >= 15 is 0 Å². The third-order valence-corrected chi connectivity index (χ3v) is 9.30. The van der Waals surface area contributed by atoms with Crippen molar-refractivity contribution < 1.29 is 13.2 Å². The Morgan fingerprint density at radius 2 is 1.90 bits per heavy atom. The zero-order valence-electron chi connectivity index (χ0n) is 17.6. The van der Waals surface area contributed by atoms with Crippen LogP contribution in [0.3, 0.4) is 0 Å². The van der Waals surface area contributed by atoms with Crippen molar-refractivity contribution in [2.45, 2.75) is 80.5 Å². The molecule has 2 heterocycles. The second-order valence-electron chi connectivity index (χ2n) is 8.44. The Hall–Kier alpha value is -1.12. The van der Waals surface area contributed by atoms with E-state index in [1.165, 1.54) is 24.4 Å². The van der Waals surface area contributed by atoms with Gasteiger partial charge >= 0.3 is 0 Å². The van der Waals surface area contributed by atoms with E-state index in [0.29, 0.717) is 30.0 Å². The summed E-state index contributed by atoms with van der Waals surface area (Å²) in [6, 6.07) is 3.55. The van der Waals surface area contributed by atoms with Crippen molar-refractivity contribution in [1.82, 2.24) is 14.6 Å². The lowest BCUT2D eigenvalue weighted by Crippen LogP contribution is -2.46. The first-order chi connectivity index (χ1) is 13.8. The number of hydrogen-bond acceptors (Lipinski definition) is 5. The molecule has 0 bridgehead atoms. The molecule has 3 rings (SSSR count). The Morgan fingerprint density at radius 3 is 2.55 bits per heavy atom. The minimum Gasteiger partial charge on any atom is -0.352 e. The number of hydrogen-bond donors (Lipinski definition) is 1. The lowest BCUT2D eigenvalue weighted by molar-refractivity contribution is -0.121. The van der Waals surface area contributed by atoms with E-state index in [4.69, 9.17) is 0 Å². The average Bonchev–Trinajstić information content (AvgIpc) is 2.72. The minimum atomic E-state index is -3.47. The van der Waals surface area contributed by atoms with Gasteiger partial charge in [0.1, 0.15) is 4.90 Å². The van der Waals surface area contributed by atoms with Crippen molar-refractivity contribution in [3.05, 3.63) is 18.3 Å². The summed E-state index contributed by atoms with van der Waals surface area (Å²) in [5.41, 5.74) is 0. The third kappa shape index (κ3) is 5.52. The van der Waals surface area contributed by atoms with Gasteiger partial charge in [-0.05, 0) is 50.2 Å². The number of piperidine rings is 1. The molecule has 1 aliphatic heterocycles. The third-order valence-electron chi connectivity index (χ3n) is 6.36. The van der Waals surface area contributed by atoms with Crippen LogP contribution in [-0.4, -0.2) is 48.0 Å². The van der Waals surface area contributed by atoms with Crippen molar-refractivity contribution in [2.24, 2.45) is 11.8 Å². The highest BCUT2D eigenvalue weighted by molar-refractivity contribution is 8.00. The van der Waals surface area contributed by atoms with Crippen LogP contribution in [0.1, 0.15) is 59.3 Å². The summed E-state index contributed by atoms with van der Waals surface area (Å²) >= 11 is 1.37. The number of nitrogens with one attached hydrogen (secondary N) is 1. The maximum Gasteiger partial charge on any atom is 0.244 e. The zero-order chi connectivity index (χ0) is 21.0. The fourth-order valence-electron chi connectivity index (χ4n) is 4.16. The highest BCUT2D eigenvalue weighted by Crippen LogP contribution is 2.30. The summed E-state index contributed by atoms with van der Waals surface area (Å²) in [4.78, 5) is 17.2. The van der Waals surface area contributed by atoms with E-state index in [-0.39, 0.29) is 22.1 Å². The van der Waals surface area contributed by atoms with Crippen LogP contribution in [0.15, 0.2) is 28.3 Å². The molecular formula is C21H33N3O3S2. The number of aromatic nitrogens is 1. The van der Waals surface area contributed by atoms with Gasteiger partial charge in [-0.3, -0.25) is 4.79 Å². The van der Waals surface area contributed by atoms with E-state index < -0.39 is 10.0 Å². The maximum absolute atomic E-state index is 12.7. The van der Waals surface area contributed by atoms with E-state index in [9.17, 15) is 13.2 Å². The fraction of sp³-hybridized carbons (Fsp3) is 0.714. The lowest BCUT2D eigenvalue weighted by Gasteiger charge is -2.35. The molecule has 0 radical (unpaired) electrons. The van der Waals surface area contributed by atoms with Crippen LogP contribution >= 0.6 is 11.8 Å². The Kier molecular flexibility index (Phi) is 7.62. The number of carbonyl (C=O) groups is 1. The van der Waals surface area contributed by atoms with Gasteiger partial charge in [0, 0.05) is 25.3 Å². The van der Waals surface area contributed by atoms with Gasteiger partial charge in [-0.15, -0.1) is 0 Å². The van der Waals surface area contributed by atoms with E-state index in [1.54, 1.807) is 16.4 Å². The first-order valence-corrected chi connectivity index (χ1v) is 13.0. The van der Waals surface area contributed by atoms with Crippen LogP contribution in [0.2, 0.25) is 0 Å². The largest absolute Gasteiger partial charge is 0.352 e. The van der Waals surface area contributed by atoms with Crippen molar-refractivity contribution in [3.63, 3.8) is 0 Å². The SMILES string of the molecule is CC(Sc1ccc(S(=O)(=O)N2CCCCC2)cn1)C(=O)NC1CCCC(C)C1C. The summed E-state index contributed by atoms with van der Waals surface area (Å²) in [5.74, 6) is 1.14. The monoisotopic (exact) mass is 439 g/mol. The molecule has 29 heavy (non-hydrogen) atoms. The van der Waals surface area contributed by atoms with Gasteiger partial charge in [-0.2, -0.15) is 4.31 Å². The van der Waals surface area contributed by atoms with Crippen LogP contribution in [-0.2, 0) is 14.8 Å². The molecule has 1 aromatic heterocycles. The molecule has 1 amide bonds. The van der Waals surface area contributed by atoms with Gasteiger partial charge in [0.2, 0.25) is 15.9 Å². The molecule has 4 atom stereocenters. The van der Waals surface area contributed by atoms with Crippen LogP contribution in [0.25, 0.3) is 0 Å². The topological polar surface area (TPSA) is 79.4 Å². The number of thioether (sulfide) groups is 1. The molecule has 162 valence electrons. The highest BCUT2D eigenvalue weighted by Gasteiger charge is 2.30. The molecule has 4 unspecified atom stereocenters. The standard InChI is InChI=1S/C21H33N3O3S2/c1-15-8-7-9-19(16(15)2)23-21(25)17(3)28-20-11-10-18(14-22-20)29(26,27)24-12-5-4-6-13-24/h10-11,14-17,19H,4-9,12-13H2,1-3H3,(H,23,25). The first-order valence-electron chi connectivity index (χ1n) is 10.7. The molecule has 6 nitrogen and oxygen atoms in total. The van der Waals surface area contributed by atoms with Gasteiger partial charge in [0.15, 0.2) is 0 Å². The van der Waals surface area contributed by atoms with Gasteiger partial charge in [-0.1, -0.05) is 44.9 Å². The molecule has 1 saturated carbocycles. The second kappa shape index (κ2) is 9.79. The quantitative estimate of drug-likeness (QED) is 0.684. The Balaban J connectivity index is 1.58. The lowest BCUT2D eigenvalue weighted by atomic mass is 9.78. The molecule has 2 aliphatic rings. The summed E-state index contributed by atoms with van der Waals surface area (Å²) < 4.78 is 27.0. The average molecular weight is 440 g/mol. The Bertz CT molecular complexity index is 792. The van der Waals surface area contributed by atoms with Gasteiger partial charge in [0.25, 0.3) is 0 Å². The molecule has 2 fully saturated rings. The van der Waals surface area contributed by atoms with Crippen LogP contribution < -0.4 is 5.32 Å². The normalized spacial score (nSPS) is 27.3. The minimum absolute atomic E-state index is 0.0211. The zero-order valence-corrected chi connectivity index (χ0v) is 19.3. The molecule has 8 heteroatoms. The fourth-order valence-corrected chi connectivity index (χ4v) is 6.42. The number of pyridine rings is 1. The van der Waals surface area contributed by atoms with Gasteiger partial charge < -0.3 is 5.32 Å². The summed E-state index contributed by atoms with van der Waals surface area (Å²) in [6.07, 6.45) is 7.74. The molecule has 1 aromatic rings. The van der Waals surface area contributed by atoms with E-state index in [2.05, 4.69) is 24.1 Å². The van der Waals surface area contributed by atoms with Crippen LogP contribution in [0, 0.1) is 11.8 Å². The number of nitrogens with zero attached hydrogens (tertiary/aromatic N) is 2. The van der Waals surface area contributed by atoms with Gasteiger partial charge in [-0.25, -0.2) is 13.4 Å². The molecular weight excluding hydrogens is 406 g/mol. The number of sulfonamides is 1. The van der Waals surface area contributed by atoms with E-state index in [1.807, 2.05) is 6.92 Å². The van der Waals surface area contributed by atoms with Crippen molar-refractivity contribution in [1.29, 1.82) is 0 Å². The molecule has 0 aromatic carbocycles.